The standard InChI is InChI=1S/C14H12BrNO4S/c15-11-2-1-3-12(9-11)16-21(19,20)13-6-4-10(5-7-13)8-14(17)18/h1-7,9,16H,8H2,(H,17,18). The number of hydrogen-bond acceptors (Lipinski definition) is 3. The molecule has 21 heavy (non-hydrogen) atoms. The Morgan fingerprint density at radius 1 is 1.14 bits per heavy atom. The van der Waals surface area contributed by atoms with Crippen molar-refractivity contribution in [2.75, 3.05) is 4.72 Å². The third kappa shape index (κ3) is 4.30. The van der Waals surface area contributed by atoms with Crippen LogP contribution in [0.5, 0.6) is 0 Å². The molecule has 0 fully saturated rings. The Bertz CT molecular complexity index is 757. The molecule has 0 spiro atoms. The molecular formula is C14H12BrNO4S. The molecule has 2 N–H and O–H groups in total. The SMILES string of the molecule is O=C(O)Cc1ccc(S(=O)(=O)Nc2cccc(Br)c2)cc1. The molecule has 0 radical (unpaired) electrons. The molecule has 0 saturated heterocycles. The molecule has 0 saturated carbocycles. The Labute approximate surface area is 130 Å². The molecule has 2 rings (SSSR count). The Hall–Kier alpha value is -1.86. The van der Waals surface area contributed by atoms with Crippen LogP contribution in [-0.2, 0) is 21.2 Å². The molecule has 110 valence electrons. The van der Waals surface area contributed by atoms with E-state index in [-0.39, 0.29) is 11.3 Å². The van der Waals surface area contributed by atoms with Crippen LogP contribution in [0.25, 0.3) is 0 Å². The number of carboxylic acids is 1. The van der Waals surface area contributed by atoms with Crippen molar-refractivity contribution >= 4 is 37.6 Å². The summed E-state index contributed by atoms with van der Waals surface area (Å²) in [6.07, 6.45) is -0.139. The van der Waals surface area contributed by atoms with Gasteiger partial charge in [-0.15, -0.1) is 0 Å². The van der Waals surface area contributed by atoms with E-state index in [1.54, 1.807) is 24.3 Å². The summed E-state index contributed by atoms with van der Waals surface area (Å²) < 4.78 is 27.6. The molecule has 0 aliphatic heterocycles. The lowest BCUT2D eigenvalue weighted by Crippen LogP contribution is -2.13. The third-order valence-corrected chi connectivity index (χ3v) is 4.56. The summed E-state index contributed by atoms with van der Waals surface area (Å²) in [5.41, 5.74) is 0.989. The van der Waals surface area contributed by atoms with Gasteiger partial charge in [-0.3, -0.25) is 9.52 Å². The van der Waals surface area contributed by atoms with Crippen LogP contribution in [0.15, 0.2) is 57.9 Å². The van der Waals surface area contributed by atoms with E-state index in [9.17, 15) is 13.2 Å². The number of halogens is 1. The fraction of sp³-hybridized carbons (Fsp3) is 0.0714. The quantitative estimate of drug-likeness (QED) is 0.848. The zero-order valence-corrected chi connectivity index (χ0v) is 13.2. The third-order valence-electron chi connectivity index (χ3n) is 2.67. The maximum atomic E-state index is 12.2. The van der Waals surface area contributed by atoms with Gasteiger partial charge in [-0.2, -0.15) is 0 Å². The van der Waals surface area contributed by atoms with Crippen molar-refractivity contribution in [2.45, 2.75) is 11.3 Å². The summed E-state index contributed by atoms with van der Waals surface area (Å²) in [6.45, 7) is 0. The minimum atomic E-state index is -3.69. The summed E-state index contributed by atoms with van der Waals surface area (Å²) in [7, 11) is -3.69. The van der Waals surface area contributed by atoms with E-state index in [2.05, 4.69) is 20.7 Å². The molecule has 2 aromatic rings. The average molecular weight is 370 g/mol. The smallest absolute Gasteiger partial charge is 0.307 e. The molecular weight excluding hydrogens is 358 g/mol. The van der Waals surface area contributed by atoms with E-state index >= 15 is 0 Å². The van der Waals surface area contributed by atoms with Gasteiger partial charge < -0.3 is 5.11 Å². The van der Waals surface area contributed by atoms with Gasteiger partial charge >= 0.3 is 5.97 Å². The van der Waals surface area contributed by atoms with Crippen LogP contribution in [-0.4, -0.2) is 19.5 Å². The summed E-state index contributed by atoms with van der Waals surface area (Å²) >= 11 is 3.27. The maximum absolute atomic E-state index is 12.2. The topological polar surface area (TPSA) is 83.5 Å². The van der Waals surface area contributed by atoms with Crippen molar-refractivity contribution in [2.24, 2.45) is 0 Å². The van der Waals surface area contributed by atoms with Gasteiger partial charge in [0.15, 0.2) is 0 Å². The maximum Gasteiger partial charge on any atom is 0.307 e. The number of carbonyl (C=O) groups is 1. The van der Waals surface area contributed by atoms with E-state index < -0.39 is 16.0 Å². The molecule has 0 unspecified atom stereocenters. The lowest BCUT2D eigenvalue weighted by Gasteiger charge is -2.08. The van der Waals surface area contributed by atoms with Crippen LogP contribution in [0.4, 0.5) is 5.69 Å². The number of hydrogen-bond donors (Lipinski definition) is 2. The van der Waals surface area contributed by atoms with Crippen LogP contribution in [0.1, 0.15) is 5.56 Å². The molecule has 0 atom stereocenters. The first-order valence-corrected chi connectivity index (χ1v) is 8.23. The minimum Gasteiger partial charge on any atom is -0.481 e. The van der Waals surface area contributed by atoms with Crippen LogP contribution in [0, 0.1) is 0 Å². The normalized spacial score (nSPS) is 11.1. The van der Waals surface area contributed by atoms with Crippen molar-refractivity contribution in [1.29, 1.82) is 0 Å². The van der Waals surface area contributed by atoms with E-state index in [0.717, 1.165) is 4.47 Å². The van der Waals surface area contributed by atoms with Crippen molar-refractivity contribution in [3.8, 4) is 0 Å². The second-order valence-corrected chi connectivity index (χ2v) is 6.93. The van der Waals surface area contributed by atoms with E-state index in [4.69, 9.17) is 5.11 Å². The highest BCUT2D eigenvalue weighted by atomic mass is 79.9. The predicted octanol–water partition coefficient (Wildman–Crippen LogP) is 2.88. The Kier molecular flexibility index (Phi) is 4.64. The Morgan fingerprint density at radius 2 is 1.81 bits per heavy atom. The molecule has 0 amide bonds. The minimum absolute atomic E-state index is 0.0802. The number of benzene rings is 2. The first-order chi connectivity index (χ1) is 9.87. The average Bonchev–Trinajstić information content (AvgIpc) is 2.38. The highest BCUT2D eigenvalue weighted by Gasteiger charge is 2.14. The molecule has 0 bridgehead atoms. The van der Waals surface area contributed by atoms with Gasteiger partial charge in [-0.25, -0.2) is 8.42 Å². The second kappa shape index (κ2) is 6.28. The molecule has 0 heterocycles. The van der Waals surface area contributed by atoms with E-state index in [1.807, 2.05) is 0 Å². The molecule has 0 aromatic heterocycles. The largest absolute Gasteiger partial charge is 0.481 e. The molecule has 2 aromatic carbocycles. The number of aliphatic carboxylic acids is 1. The second-order valence-electron chi connectivity index (χ2n) is 4.33. The predicted molar refractivity (Wildman–Crippen MR) is 82.7 cm³/mol. The van der Waals surface area contributed by atoms with Crippen LogP contribution in [0.2, 0.25) is 0 Å². The fourth-order valence-electron chi connectivity index (χ4n) is 1.73. The molecule has 0 aliphatic rings. The molecule has 0 aliphatic carbocycles. The van der Waals surface area contributed by atoms with Gasteiger partial charge in [0.05, 0.1) is 11.3 Å². The van der Waals surface area contributed by atoms with Crippen molar-refractivity contribution in [3.63, 3.8) is 0 Å². The van der Waals surface area contributed by atoms with Crippen molar-refractivity contribution in [1.82, 2.24) is 0 Å². The van der Waals surface area contributed by atoms with Crippen molar-refractivity contribution in [3.05, 3.63) is 58.6 Å². The van der Waals surface area contributed by atoms with E-state index in [0.29, 0.717) is 11.3 Å². The lowest BCUT2D eigenvalue weighted by molar-refractivity contribution is -0.136. The zero-order valence-electron chi connectivity index (χ0n) is 10.8. The van der Waals surface area contributed by atoms with Gasteiger partial charge in [0.1, 0.15) is 0 Å². The van der Waals surface area contributed by atoms with Gasteiger partial charge in [0.2, 0.25) is 0 Å². The van der Waals surface area contributed by atoms with Gasteiger partial charge in [0.25, 0.3) is 10.0 Å². The summed E-state index contributed by atoms with van der Waals surface area (Å²) in [5.74, 6) is -0.960. The van der Waals surface area contributed by atoms with Gasteiger partial charge in [-0.05, 0) is 35.9 Å². The number of rotatable bonds is 5. The Morgan fingerprint density at radius 3 is 2.38 bits per heavy atom. The Balaban J connectivity index is 2.21. The van der Waals surface area contributed by atoms with Crippen molar-refractivity contribution < 1.29 is 18.3 Å². The molecule has 5 nitrogen and oxygen atoms in total. The first-order valence-electron chi connectivity index (χ1n) is 5.96. The number of nitrogens with one attached hydrogen (secondary N) is 1. The van der Waals surface area contributed by atoms with Crippen LogP contribution < -0.4 is 4.72 Å². The lowest BCUT2D eigenvalue weighted by atomic mass is 10.2. The summed E-state index contributed by atoms with van der Waals surface area (Å²) in [4.78, 5) is 10.7. The summed E-state index contributed by atoms with van der Waals surface area (Å²) in [6, 6.07) is 12.6. The van der Waals surface area contributed by atoms with Gasteiger partial charge in [-0.1, -0.05) is 34.1 Å². The van der Waals surface area contributed by atoms with Crippen LogP contribution >= 0.6 is 15.9 Å². The number of carboxylic acid groups (broad SMARTS) is 1. The zero-order chi connectivity index (χ0) is 15.5. The highest BCUT2D eigenvalue weighted by molar-refractivity contribution is 9.10. The van der Waals surface area contributed by atoms with E-state index in [1.165, 1.54) is 24.3 Å². The number of anilines is 1. The van der Waals surface area contributed by atoms with Gasteiger partial charge in [0, 0.05) is 10.2 Å². The molecule has 7 heteroatoms. The first kappa shape index (κ1) is 15.5. The van der Waals surface area contributed by atoms with Crippen LogP contribution in [0.3, 0.4) is 0 Å². The summed E-state index contributed by atoms with van der Waals surface area (Å²) in [5, 5.41) is 8.68. The highest BCUT2D eigenvalue weighted by Crippen LogP contribution is 2.20. The monoisotopic (exact) mass is 369 g/mol. The number of sulfonamides is 1. The fourth-order valence-corrected chi connectivity index (χ4v) is 3.18.